The van der Waals surface area contributed by atoms with Gasteiger partial charge in [0.25, 0.3) is 5.97 Å². The van der Waals surface area contributed by atoms with Crippen molar-refractivity contribution in [2.75, 3.05) is 60.7 Å². The van der Waals surface area contributed by atoms with E-state index in [1.807, 2.05) is 12.1 Å². The molecule has 0 aliphatic carbocycles. The van der Waals surface area contributed by atoms with Crippen LogP contribution in [0.2, 0.25) is 0 Å². The van der Waals surface area contributed by atoms with Crippen LogP contribution in [-0.2, 0) is 22.4 Å². The van der Waals surface area contributed by atoms with E-state index in [0.29, 0.717) is 25.3 Å². The van der Waals surface area contributed by atoms with Crippen molar-refractivity contribution in [3.63, 3.8) is 0 Å². The predicted octanol–water partition coefficient (Wildman–Crippen LogP) is 5.84. The molecular weight excluding hydrogens is 570 g/mol. The summed E-state index contributed by atoms with van der Waals surface area (Å²) in [6.45, 7) is 9.79. The fraction of sp³-hybridized carbons (Fsp3) is 0.611. The number of carboxylic acids is 1. The number of benzene rings is 2. The van der Waals surface area contributed by atoms with Crippen molar-refractivity contribution in [2.45, 2.75) is 84.1 Å². The van der Waals surface area contributed by atoms with Gasteiger partial charge in [0.05, 0.1) is 13.7 Å². The highest BCUT2D eigenvalue weighted by Crippen LogP contribution is 2.42. The third kappa shape index (κ3) is 11.2. The number of ether oxygens (including phenoxy) is 3. The van der Waals surface area contributed by atoms with Crippen LogP contribution in [0.25, 0.3) is 0 Å². The lowest BCUT2D eigenvalue weighted by Crippen LogP contribution is -2.43. The van der Waals surface area contributed by atoms with Gasteiger partial charge in [0, 0.05) is 32.6 Å². The van der Waals surface area contributed by atoms with Crippen LogP contribution in [0.4, 0.5) is 0 Å². The first-order valence-corrected chi connectivity index (χ1v) is 16.6. The van der Waals surface area contributed by atoms with Crippen LogP contribution >= 0.6 is 0 Å². The van der Waals surface area contributed by atoms with Gasteiger partial charge in [0.1, 0.15) is 5.75 Å². The maximum Gasteiger partial charge on any atom is 0.300 e. The maximum absolute atomic E-state index is 13.8. The normalized spacial score (nSPS) is 17.2. The second-order valence-corrected chi connectivity index (χ2v) is 12.4. The smallest absolute Gasteiger partial charge is 0.300 e. The minimum atomic E-state index is -0.833. The van der Waals surface area contributed by atoms with Crippen molar-refractivity contribution in [1.82, 2.24) is 14.7 Å². The van der Waals surface area contributed by atoms with Gasteiger partial charge in [-0.3, -0.25) is 14.5 Å². The molecule has 0 saturated carbocycles. The maximum atomic E-state index is 13.8. The molecule has 2 aliphatic rings. The Morgan fingerprint density at radius 1 is 1.00 bits per heavy atom. The Hall–Kier alpha value is -3.30. The molecule has 9 heteroatoms. The molecule has 0 aromatic heterocycles. The van der Waals surface area contributed by atoms with Gasteiger partial charge in [-0.25, -0.2) is 0 Å². The molecule has 2 aromatic rings. The van der Waals surface area contributed by atoms with Crippen molar-refractivity contribution in [2.24, 2.45) is 0 Å². The Morgan fingerprint density at radius 3 is 2.42 bits per heavy atom. The third-order valence-electron chi connectivity index (χ3n) is 8.54. The number of rotatable bonds is 16. The molecule has 0 bridgehead atoms. The monoisotopic (exact) mass is 625 g/mol. The van der Waals surface area contributed by atoms with Crippen molar-refractivity contribution < 1.29 is 28.9 Å². The van der Waals surface area contributed by atoms with Crippen LogP contribution in [0.1, 0.15) is 81.9 Å². The SMILES string of the molecule is CC(=O)O.CCCCN(CCCN(C)C)C(=O)CN1CC(c2cc(CCC)c3c(c2)OCO3)CC1CCc1ccccc1OC. The van der Waals surface area contributed by atoms with Crippen molar-refractivity contribution in [1.29, 1.82) is 0 Å². The molecular formula is C36H55N3O6. The molecule has 1 N–H and O–H groups in total. The molecule has 2 aromatic carbocycles. The van der Waals surface area contributed by atoms with Gasteiger partial charge in [-0.05, 0) is 93.9 Å². The number of para-hydroxylation sites is 1. The number of carboxylic acid groups (broad SMARTS) is 1. The molecule has 2 heterocycles. The molecule has 4 rings (SSSR count). The zero-order valence-corrected chi connectivity index (χ0v) is 28.3. The van der Waals surface area contributed by atoms with E-state index in [4.69, 9.17) is 24.1 Å². The highest BCUT2D eigenvalue weighted by Gasteiger charge is 2.35. The Kier molecular flexibility index (Phi) is 15.0. The molecule has 0 radical (unpaired) electrons. The predicted molar refractivity (Wildman–Crippen MR) is 179 cm³/mol. The standard InChI is InChI=1S/C34H51N3O4.C2H4O2/c1-6-8-18-36(19-11-17-35(3)4)33(38)24-37-23-29(21-30(37)16-15-26-13-9-10-14-31(26)39-5)28-20-27(12-7-2)34-32(22-28)40-25-41-34;1-2(3)4/h9-10,13-14,20,22,29-30H,6-8,11-12,15-19,21,23-25H2,1-5H3;1H3,(H,3,4). The second-order valence-electron chi connectivity index (χ2n) is 12.4. The van der Waals surface area contributed by atoms with Crippen molar-refractivity contribution in [3.8, 4) is 17.2 Å². The summed E-state index contributed by atoms with van der Waals surface area (Å²) in [5.74, 6) is 2.51. The number of aliphatic carboxylic acids is 1. The van der Waals surface area contributed by atoms with E-state index in [-0.39, 0.29) is 5.91 Å². The summed E-state index contributed by atoms with van der Waals surface area (Å²) in [7, 11) is 5.93. The Labute approximate surface area is 270 Å². The summed E-state index contributed by atoms with van der Waals surface area (Å²) in [6, 6.07) is 13.1. The van der Waals surface area contributed by atoms with Gasteiger partial charge in [-0.15, -0.1) is 0 Å². The van der Waals surface area contributed by atoms with E-state index in [2.05, 4.69) is 66.9 Å². The Bertz CT molecular complexity index is 1220. The summed E-state index contributed by atoms with van der Waals surface area (Å²) in [4.78, 5) is 29.5. The van der Waals surface area contributed by atoms with Crippen LogP contribution in [-0.4, -0.2) is 98.4 Å². The number of carbonyl (C=O) groups is 2. The minimum Gasteiger partial charge on any atom is -0.496 e. The van der Waals surface area contributed by atoms with Crippen LogP contribution in [0.3, 0.4) is 0 Å². The van der Waals surface area contributed by atoms with Crippen LogP contribution in [0.15, 0.2) is 36.4 Å². The molecule has 2 atom stereocenters. The minimum absolute atomic E-state index is 0.262. The van der Waals surface area contributed by atoms with E-state index >= 15 is 0 Å². The average molecular weight is 626 g/mol. The number of likely N-dealkylation sites (tertiary alicyclic amines) is 1. The zero-order chi connectivity index (χ0) is 32.8. The van der Waals surface area contributed by atoms with Crippen molar-refractivity contribution >= 4 is 11.9 Å². The average Bonchev–Trinajstić information content (AvgIpc) is 3.65. The summed E-state index contributed by atoms with van der Waals surface area (Å²) in [5.41, 5.74) is 3.78. The van der Waals surface area contributed by atoms with Gasteiger partial charge in [-0.1, -0.05) is 51.0 Å². The fourth-order valence-corrected chi connectivity index (χ4v) is 6.31. The molecule has 9 nitrogen and oxygen atoms in total. The first-order valence-electron chi connectivity index (χ1n) is 16.6. The largest absolute Gasteiger partial charge is 0.496 e. The molecule has 2 aliphatic heterocycles. The lowest BCUT2D eigenvalue weighted by atomic mass is 9.91. The summed E-state index contributed by atoms with van der Waals surface area (Å²) in [5, 5.41) is 7.42. The number of methoxy groups -OCH3 is 1. The first-order chi connectivity index (χ1) is 21.7. The van der Waals surface area contributed by atoms with Gasteiger partial charge >= 0.3 is 0 Å². The summed E-state index contributed by atoms with van der Waals surface area (Å²) < 4.78 is 17.3. The van der Waals surface area contributed by atoms with E-state index in [1.165, 1.54) is 16.7 Å². The van der Waals surface area contributed by atoms with E-state index in [0.717, 1.165) is 102 Å². The number of carbonyl (C=O) groups excluding carboxylic acids is 1. The van der Waals surface area contributed by atoms with Gasteiger partial charge < -0.3 is 29.1 Å². The molecule has 45 heavy (non-hydrogen) atoms. The number of aryl methyl sites for hydroxylation is 2. The van der Waals surface area contributed by atoms with Crippen LogP contribution < -0.4 is 14.2 Å². The summed E-state index contributed by atoms with van der Waals surface area (Å²) in [6.07, 6.45) is 8.13. The second kappa shape index (κ2) is 18.6. The lowest BCUT2D eigenvalue weighted by molar-refractivity contribution is -0.134. The quantitative estimate of drug-likeness (QED) is 0.249. The Balaban J connectivity index is 0.00000130. The molecule has 1 amide bonds. The van der Waals surface area contributed by atoms with Gasteiger partial charge in [0.2, 0.25) is 12.7 Å². The molecule has 1 fully saturated rings. The highest BCUT2D eigenvalue weighted by atomic mass is 16.7. The number of hydrogen-bond donors (Lipinski definition) is 1. The number of unbranched alkanes of at least 4 members (excludes halogenated alkanes) is 1. The number of nitrogens with zero attached hydrogens (tertiary/aromatic N) is 3. The molecule has 250 valence electrons. The number of amides is 1. The van der Waals surface area contributed by atoms with E-state index in [1.54, 1.807) is 7.11 Å². The third-order valence-corrected chi connectivity index (χ3v) is 8.54. The topological polar surface area (TPSA) is 91.8 Å². The van der Waals surface area contributed by atoms with Crippen LogP contribution in [0, 0.1) is 0 Å². The van der Waals surface area contributed by atoms with Crippen LogP contribution in [0.5, 0.6) is 17.2 Å². The van der Waals surface area contributed by atoms with E-state index < -0.39 is 5.97 Å². The molecule has 1 saturated heterocycles. The van der Waals surface area contributed by atoms with Crippen molar-refractivity contribution in [3.05, 3.63) is 53.1 Å². The fourth-order valence-electron chi connectivity index (χ4n) is 6.31. The van der Waals surface area contributed by atoms with Gasteiger partial charge in [0.15, 0.2) is 11.5 Å². The zero-order valence-electron chi connectivity index (χ0n) is 28.3. The highest BCUT2D eigenvalue weighted by molar-refractivity contribution is 5.78. The van der Waals surface area contributed by atoms with E-state index in [9.17, 15) is 4.79 Å². The Morgan fingerprint density at radius 2 is 1.73 bits per heavy atom. The number of hydrogen-bond acceptors (Lipinski definition) is 7. The van der Waals surface area contributed by atoms with Gasteiger partial charge in [-0.2, -0.15) is 0 Å². The lowest BCUT2D eigenvalue weighted by Gasteiger charge is -2.29. The first kappa shape index (κ1) is 36.2. The molecule has 2 unspecified atom stereocenters. The number of fused-ring (bicyclic) bond motifs is 1. The molecule has 0 spiro atoms. The summed E-state index contributed by atoms with van der Waals surface area (Å²) >= 11 is 0.